The lowest BCUT2D eigenvalue weighted by molar-refractivity contribution is -0.140. The molecule has 114 valence electrons. The number of hydrogen-bond acceptors (Lipinski definition) is 2. The van der Waals surface area contributed by atoms with Crippen molar-refractivity contribution in [2.75, 3.05) is 18.0 Å². The van der Waals surface area contributed by atoms with Crippen LogP contribution < -0.4 is 10.2 Å². The summed E-state index contributed by atoms with van der Waals surface area (Å²) in [5.41, 5.74) is 1.68. The molecule has 1 fully saturated rings. The predicted octanol–water partition coefficient (Wildman–Crippen LogP) is 2.03. The van der Waals surface area contributed by atoms with Crippen LogP contribution in [0.5, 0.6) is 0 Å². The van der Waals surface area contributed by atoms with E-state index in [0.29, 0.717) is 5.69 Å². The number of rotatable bonds is 3. The maximum Gasteiger partial charge on any atom is 0.405 e. The van der Waals surface area contributed by atoms with Crippen LogP contribution in [0.2, 0.25) is 0 Å². The van der Waals surface area contributed by atoms with Crippen molar-refractivity contribution in [3.05, 3.63) is 29.8 Å². The molecule has 0 saturated carbocycles. The lowest BCUT2D eigenvalue weighted by Gasteiger charge is -2.17. The maximum atomic E-state index is 12.1. The number of carbonyl (C=O) groups excluding carboxylic acids is 2. The SMILES string of the molecule is Cc1ccc(N2CC(C(=O)NCC(F)(F)F)CC2=O)cc1. The Hall–Kier alpha value is -2.05. The monoisotopic (exact) mass is 300 g/mol. The molecule has 1 heterocycles. The smallest absolute Gasteiger partial charge is 0.347 e. The third kappa shape index (κ3) is 3.96. The molecular formula is C14H15F3N2O2. The van der Waals surface area contributed by atoms with E-state index >= 15 is 0 Å². The van der Waals surface area contributed by atoms with Crippen LogP contribution in [0.25, 0.3) is 0 Å². The van der Waals surface area contributed by atoms with Crippen LogP contribution in [0.4, 0.5) is 18.9 Å². The molecule has 21 heavy (non-hydrogen) atoms. The van der Waals surface area contributed by atoms with Gasteiger partial charge in [0, 0.05) is 18.7 Å². The highest BCUT2D eigenvalue weighted by molar-refractivity contribution is 6.00. The van der Waals surface area contributed by atoms with Gasteiger partial charge in [0.05, 0.1) is 5.92 Å². The van der Waals surface area contributed by atoms with E-state index in [1.165, 1.54) is 4.90 Å². The molecule has 1 unspecified atom stereocenters. The zero-order valence-electron chi connectivity index (χ0n) is 11.4. The van der Waals surface area contributed by atoms with Crippen LogP contribution in [0, 0.1) is 12.8 Å². The van der Waals surface area contributed by atoms with E-state index in [1.807, 2.05) is 24.4 Å². The molecule has 0 aromatic heterocycles. The van der Waals surface area contributed by atoms with Gasteiger partial charge >= 0.3 is 6.18 Å². The van der Waals surface area contributed by atoms with Crippen molar-refractivity contribution >= 4 is 17.5 Å². The number of hydrogen-bond donors (Lipinski definition) is 1. The lowest BCUT2D eigenvalue weighted by Crippen LogP contribution is -2.38. The zero-order valence-corrected chi connectivity index (χ0v) is 11.4. The first-order chi connectivity index (χ1) is 9.76. The normalized spacial score (nSPS) is 19.0. The molecule has 0 radical (unpaired) electrons. The summed E-state index contributed by atoms with van der Waals surface area (Å²) in [5.74, 6) is -1.75. The summed E-state index contributed by atoms with van der Waals surface area (Å²) >= 11 is 0. The van der Waals surface area contributed by atoms with E-state index < -0.39 is 24.5 Å². The number of benzene rings is 1. The third-order valence-electron chi connectivity index (χ3n) is 3.30. The lowest BCUT2D eigenvalue weighted by atomic mass is 10.1. The molecule has 1 aliphatic heterocycles. The van der Waals surface area contributed by atoms with E-state index in [2.05, 4.69) is 0 Å². The van der Waals surface area contributed by atoms with E-state index in [0.717, 1.165) is 5.56 Å². The summed E-state index contributed by atoms with van der Waals surface area (Å²) in [6.45, 7) is 0.635. The van der Waals surface area contributed by atoms with Crippen molar-refractivity contribution < 1.29 is 22.8 Å². The Morgan fingerprint density at radius 3 is 2.52 bits per heavy atom. The zero-order chi connectivity index (χ0) is 15.6. The Kier molecular flexibility index (Phi) is 4.20. The molecule has 1 atom stereocenters. The number of nitrogens with one attached hydrogen (secondary N) is 1. The number of amides is 2. The molecule has 7 heteroatoms. The van der Waals surface area contributed by atoms with Crippen molar-refractivity contribution in [1.82, 2.24) is 5.32 Å². The van der Waals surface area contributed by atoms with Gasteiger partial charge < -0.3 is 10.2 Å². The summed E-state index contributed by atoms with van der Waals surface area (Å²) in [4.78, 5) is 25.0. The summed E-state index contributed by atoms with van der Waals surface area (Å²) in [6.07, 6.45) is -4.52. The number of nitrogens with zero attached hydrogens (tertiary/aromatic N) is 1. The van der Waals surface area contributed by atoms with Crippen molar-refractivity contribution in [2.45, 2.75) is 19.5 Å². The third-order valence-corrected chi connectivity index (χ3v) is 3.30. The summed E-state index contributed by atoms with van der Waals surface area (Å²) in [5, 5.41) is 1.82. The number of aryl methyl sites for hydroxylation is 1. The molecule has 0 spiro atoms. The molecule has 1 aliphatic rings. The number of anilines is 1. The Balaban J connectivity index is 1.99. The van der Waals surface area contributed by atoms with Gasteiger partial charge in [0.1, 0.15) is 6.54 Å². The second-order valence-electron chi connectivity index (χ2n) is 5.07. The predicted molar refractivity (Wildman–Crippen MR) is 70.7 cm³/mol. The van der Waals surface area contributed by atoms with Gasteiger partial charge in [-0.05, 0) is 19.1 Å². The van der Waals surface area contributed by atoms with Crippen molar-refractivity contribution in [3.8, 4) is 0 Å². The fourth-order valence-electron chi connectivity index (χ4n) is 2.19. The van der Waals surface area contributed by atoms with Gasteiger partial charge in [-0.1, -0.05) is 17.7 Å². The van der Waals surface area contributed by atoms with Crippen LogP contribution in [-0.4, -0.2) is 31.1 Å². The quantitative estimate of drug-likeness (QED) is 0.928. The first kappa shape index (κ1) is 15.3. The Morgan fingerprint density at radius 1 is 1.33 bits per heavy atom. The Morgan fingerprint density at radius 2 is 1.95 bits per heavy atom. The number of alkyl halides is 3. The van der Waals surface area contributed by atoms with Crippen molar-refractivity contribution in [1.29, 1.82) is 0 Å². The van der Waals surface area contributed by atoms with E-state index in [9.17, 15) is 22.8 Å². The van der Waals surface area contributed by atoms with Gasteiger partial charge in [0.25, 0.3) is 0 Å². The van der Waals surface area contributed by atoms with Crippen LogP contribution >= 0.6 is 0 Å². The molecule has 1 aromatic carbocycles. The first-order valence-corrected chi connectivity index (χ1v) is 6.48. The molecule has 1 N–H and O–H groups in total. The molecule has 2 rings (SSSR count). The average Bonchev–Trinajstić information content (AvgIpc) is 2.78. The summed E-state index contributed by atoms with van der Waals surface area (Å²) in [7, 11) is 0. The number of carbonyl (C=O) groups is 2. The Labute approximate surface area is 119 Å². The van der Waals surface area contributed by atoms with Gasteiger partial charge in [-0.3, -0.25) is 9.59 Å². The van der Waals surface area contributed by atoms with E-state index in [-0.39, 0.29) is 18.9 Å². The van der Waals surface area contributed by atoms with Gasteiger partial charge in [-0.2, -0.15) is 13.2 Å². The second kappa shape index (κ2) is 5.75. The standard InChI is InChI=1S/C14H15F3N2O2/c1-9-2-4-11(5-3-9)19-7-10(6-12(19)20)13(21)18-8-14(15,16)17/h2-5,10H,6-8H2,1H3,(H,18,21). The highest BCUT2D eigenvalue weighted by Crippen LogP contribution is 2.25. The highest BCUT2D eigenvalue weighted by Gasteiger charge is 2.36. The molecule has 0 aliphatic carbocycles. The molecule has 2 amide bonds. The average molecular weight is 300 g/mol. The van der Waals surface area contributed by atoms with Crippen molar-refractivity contribution in [2.24, 2.45) is 5.92 Å². The van der Waals surface area contributed by atoms with Crippen LogP contribution in [-0.2, 0) is 9.59 Å². The fraction of sp³-hybridized carbons (Fsp3) is 0.429. The largest absolute Gasteiger partial charge is 0.405 e. The van der Waals surface area contributed by atoms with E-state index in [1.54, 1.807) is 12.1 Å². The molecule has 4 nitrogen and oxygen atoms in total. The highest BCUT2D eigenvalue weighted by atomic mass is 19.4. The fourth-order valence-corrected chi connectivity index (χ4v) is 2.19. The van der Waals surface area contributed by atoms with Gasteiger partial charge in [0.2, 0.25) is 11.8 Å². The summed E-state index contributed by atoms with van der Waals surface area (Å²) in [6, 6.07) is 7.17. The topological polar surface area (TPSA) is 49.4 Å². The van der Waals surface area contributed by atoms with E-state index in [4.69, 9.17) is 0 Å². The van der Waals surface area contributed by atoms with Crippen molar-refractivity contribution in [3.63, 3.8) is 0 Å². The first-order valence-electron chi connectivity index (χ1n) is 6.48. The second-order valence-corrected chi connectivity index (χ2v) is 5.07. The van der Waals surface area contributed by atoms with Crippen LogP contribution in [0.1, 0.15) is 12.0 Å². The maximum absolute atomic E-state index is 12.1. The molecule has 1 saturated heterocycles. The minimum Gasteiger partial charge on any atom is -0.347 e. The summed E-state index contributed by atoms with van der Waals surface area (Å²) < 4.78 is 36.2. The molecular weight excluding hydrogens is 285 g/mol. The van der Waals surface area contributed by atoms with Gasteiger partial charge in [0.15, 0.2) is 0 Å². The van der Waals surface area contributed by atoms with Crippen LogP contribution in [0.3, 0.4) is 0 Å². The van der Waals surface area contributed by atoms with Crippen LogP contribution in [0.15, 0.2) is 24.3 Å². The minimum atomic E-state index is -4.45. The molecule has 0 bridgehead atoms. The minimum absolute atomic E-state index is 0.0719. The number of halogens is 3. The Bertz CT molecular complexity index is 540. The van der Waals surface area contributed by atoms with Gasteiger partial charge in [-0.25, -0.2) is 0 Å². The van der Waals surface area contributed by atoms with Gasteiger partial charge in [-0.15, -0.1) is 0 Å². The molecule has 1 aromatic rings.